The van der Waals surface area contributed by atoms with Crippen molar-refractivity contribution in [1.82, 2.24) is 0 Å². The van der Waals surface area contributed by atoms with E-state index in [-0.39, 0.29) is 23.4 Å². The van der Waals surface area contributed by atoms with Gasteiger partial charge in [-0.2, -0.15) is 0 Å². The van der Waals surface area contributed by atoms with Gasteiger partial charge in [-0.15, -0.1) is 0 Å². The number of carbonyl (C=O) groups excluding carboxylic acids is 1. The van der Waals surface area contributed by atoms with Crippen LogP contribution in [-0.4, -0.2) is 22.8 Å². The molecule has 0 aromatic heterocycles. The average molecular weight is 280 g/mol. The molecule has 0 aromatic carbocycles. The fourth-order valence-corrected chi connectivity index (χ4v) is 4.09. The lowest BCUT2D eigenvalue weighted by Gasteiger charge is -2.54. The van der Waals surface area contributed by atoms with Crippen LogP contribution in [0.2, 0.25) is 0 Å². The summed E-state index contributed by atoms with van der Waals surface area (Å²) in [6.45, 7) is 9.99. The van der Waals surface area contributed by atoms with Crippen LogP contribution in [-0.2, 0) is 9.53 Å². The summed E-state index contributed by atoms with van der Waals surface area (Å²) in [5.41, 5.74) is 0.578. The van der Waals surface area contributed by atoms with Crippen molar-refractivity contribution in [3.05, 3.63) is 11.6 Å². The molecule has 2 aliphatic carbocycles. The van der Waals surface area contributed by atoms with Gasteiger partial charge in [0.1, 0.15) is 6.10 Å². The van der Waals surface area contributed by atoms with Crippen LogP contribution < -0.4 is 0 Å². The fraction of sp³-hybridized carbons (Fsp3) is 0.824. The molecule has 4 atom stereocenters. The Hall–Kier alpha value is -0.830. The summed E-state index contributed by atoms with van der Waals surface area (Å²) in [7, 11) is 0. The number of fused-ring (bicyclic) bond motifs is 1. The second-order valence-electron chi connectivity index (χ2n) is 7.37. The zero-order valence-corrected chi connectivity index (χ0v) is 13.4. The molecule has 1 saturated carbocycles. The van der Waals surface area contributed by atoms with Gasteiger partial charge in [-0.1, -0.05) is 32.4 Å². The third-order valence-electron chi connectivity index (χ3n) is 5.41. The summed E-state index contributed by atoms with van der Waals surface area (Å²) in [5.74, 6) is 0.374. The van der Waals surface area contributed by atoms with Crippen molar-refractivity contribution < 1.29 is 14.6 Å². The van der Waals surface area contributed by atoms with Gasteiger partial charge in [0.15, 0.2) is 0 Å². The van der Waals surface area contributed by atoms with Gasteiger partial charge in [0.25, 0.3) is 0 Å². The summed E-state index contributed by atoms with van der Waals surface area (Å²) in [5, 5.41) is 10.8. The highest BCUT2D eigenvalue weighted by atomic mass is 16.5. The number of allylic oxidation sites excluding steroid dienone is 1. The van der Waals surface area contributed by atoms with Crippen LogP contribution in [0.25, 0.3) is 0 Å². The number of rotatable bonds is 2. The van der Waals surface area contributed by atoms with Crippen molar-refractivity contribution in [2.75, 3.05) is 0 Å². The van der Waals surface area contributed by atoms with Gasteiger partial charge in [-0.05, 0) is 38.5 Å². The van der Waals surface area contributed by atoms with Crippen molar-refractivity contribution in [1.29, 1.82) is 0 Å². The normalized spacial score (nSPS) is 41.0. The van der Waals surface area contributed by atoms with E-state index in [1.807, 2.05) is 6.92 Å². The van der Waals surface area contributed by atoms with Crippen LogP contribution in [0.5, 0.6) is 0 Å². The number of carbonyl (C=O) groups is 1. The summed E-state index contributed by atoms with van der Waals surface area (Å²) in [6.07, 6.45) is 5.66. The first kappa shape index (κ1) is 15.6. The lowest BCUT2D eigenvalue weighted by molar-refractivity contribution is -0.178. The maximum atomic E-state index is 11.4. The molecule has 2 aliphatic rings. The zero-order chi connectivity index (χ0) is 15.1. The van der Waals surface area contributed by atoms with Crippen LogP contribution in [0.3, 0.4) is 0 Å². The van der Waals surface area contributed by atoms with Gasteiger partial charge in [-0.25, -0.2) is 0 Å². The van der Waals surface area contributed by atoms with Crippen LogP contribution in [0.4, 0.5) is 0 Å². The standard InChI is InChI=1S/C17H28O3/c1-11(2)13-6-8-16(4)14(10-13)17(5,19)9-7-15(16)20-12(3)18/h10-11,14-15,19H,6-9H2,1-5H3. The molecule has 20 heavy (non-hydrogen) atoms. The minimum absolute atomic E-state index is 0.0687. The Morgan fingerprint density at radius 1 is 1.40 bits per heavy atom. The number of ether oxygens (including phenoxy) is 1. The molecule has 0 amide bonds. The Morgan fingerprint density at radius 2 is 2.05 bits per heavy atom. The first-order valence-electron chi connectivity index (χ1n) is 7.77. The van der Waals surface area contributed by atoms with Crippen molar-refractivity contribution >= 4 is 5.97 Å². The van der Waals surface area contributed by atoms with Crippen LogP contribution >= 0.6 is 0 Å². The molecule has 2 rings (SSSR count). The molecule has 1 fully saturated rings. The number of hydrogen-bond acceptors (Lipinski definition) is 3. The summed E-state index contributed by atoms with van der Waals surface area (Å²) in [4.78, 5) is 11.4. The molecule has 0 bridgehead atoms. The van der Waals surface area contributed by atoms with Gasteiger partial charge < -0.3 is 9.84 Å². The molecule has 0 aliphatic heterocycles. The molecule has 4 unspecified atom stereocenters. The Labute approximate surface area is 122 Å². The molecule has 3 heteroatoms. The maximum absolute atomic E-state index is 11.4. The number of aliphatic hydroxyl groups is 1. The lowest BCUT2D eigenvalue weighted by Crippen LogP contribution is -2.56. The highest BCUT2D eigenvalue weighted by Crippen LogP contribution is 2.54. The second-order valence-corrected chi connectivity index (χ2v) is 7.37. The maximum Gasteiger partial charge on any atom is 0.302 e. The van der Waals surface area contributed by atoms with E-state index in [9.17, 15) is 9.90 Å². The predicted molar refractivity (Wildman–Crippen MR) is 79.2 cm³/mol. The fourth-order valence-electron chi connectivity index (χ4n) is 4.09. The second kappa shape index (κ2) is 5.18. The molecule has 1 N–H and O–H groups in total. The topological polar surface area (TPSA) is 46.5 Å². The van der Waals surface area contributed by atoms with Crippen LogP contribution in [0.1, 0.15) is 60.3 Å². The number of hydrogen-bond donors (Lipinski definition) is 1. The first-order valence-corrected chi connectivity index (χ1v) is 7.77. The predicted octanol–water partition coefficient (Wildman–Crippen LogP) is 3.46. The molecule has 114 valence electrons. The van der Waals surface area contributed by atoms with E-state index >= 15 is 0 Å². The van der Waals surface area contributed by atoms with Gasteiger partial charge >= 0.3 is 5.97 Å². The first-order chi connectivity index (χ1) is 9.17. The van der Waals surface area contributed by atoms with E-state index in [1.165, 1.54) is 12.5 Å². The molecule has 3 nitrogen and oxygen atoms in total. The monoisotopic (exact) mass is 280 g/mol. The Morgan fingerprint density at radius 3 is 2.60 bits per heavy atom. The minimum atomic E-state index is -0.702. The summed E-state index contributed by atoms with van der Waals surface area (Å²) < 4.78 is 5.57. The Balaban J connectivity index is 2.36. The largest absolute Gasteiger partial charge is 0.462 e. The van der Waals surface area contributed by atoms with E-state index in [4.69, 9.17) is 4.74 Å². The molecule has 0 spiro atoms. The third-order valence-corrected chi connectivity index (χ3v) is 5.41. The smallest absolute Gasteiger partial charge is 0.302 e. The Kier molecular flexibility index (Phi) is 4.03. The summed E-state index contributed by atoms with van der Waals surface area (Å²) in [6, 6.07) is 0. The van der Waals surface area contributed by atoms with Crippen molar-refractivity contribution in [3.8, 4) is 0 Å². The van der Waals surface area contributed by atoms with Crippen LogP contribution in [0, 0.1) is 17.3 Å². The molecule has 0 heterocycles. The Bertz CT molecular complexity index is 422. The molecule has 0 saturated heterocycles. The SMILES string of the molecule is CC(=O)OC1CCC(C)(O)C2C=C(C(C)C)CCC12C. The highest BCUT2D eigenvalue weighted by Gasteiger charge is 2.54. The third kappa shape index (κ3) is 2.65. The summed E-state index contributed by atoms with van der Waals surface area (Å²) >= 11 is 0. The van der Waals surface area contributed by atoms with Crippen molar-refractivity contribution in [2.45, 2.75) is 72.0 Å². The van der Waals surface area contributed by atoms with Crippen molar-refractivity contribution in [3.63, 3.8) is 0 Å². The molecular weight excluding hydrogens is 252 g/mol. The van der Waals surface area contributed by atoms with E-state index < -0.39 is 5.60 Å². The lowest BCUT2D eigenvalue weighted by atomic mass is 9.54. The van der Waals surface area contributed by atoms with Gasteiger partial charge in [0, 0.05) is 18.3 Å². The number of esters is 1. The van der Waals surface area contributed by atoms with Crippen molar-refractivity contribution in [2.24, 2.45) is 17.3 Å². The van der Waals surface area contributed by atoms with Crippen LogP contribution in [0.15, 0.2) is 11.6 Å². The van der Waals surface area contributed by atoms with Gasteiger partial charge in [0.2, 0.25) is 0 Å². The molecule has 0 aromatic rings. The molecular formula is C17H28O3. The van der Waals surface area contributed by atoms with E-state index in [1.54, 1.807) is 0 Å². The van der Waals surface area contributed by atoms with E-state index in [0.717, 1.165) is 19.3 Å². The minimum Gasteiger partial charge on any atom is -0.462 e. The highest BCUT2D eigenvalue weighted by molar-refractivity contribution is 5.66. The quantitative estimate of drug-likeness (QED) is 0.622. The molecule has 0 radical (unpaired) electrons. The van der Waals surface area contributed by atoms with Gasteiger partial charge in [0.05, 0.1) is 5.60 Å². The van der Waals surface area contributed by atoms with E-state index in [0.29, 0.717) is 12.3 Å². The average Bonchev–Trinajstić information content (AvgIpc) is 2.32. The zero-order valence-electron chi connectivity index (χ0n) is 13.4. The van der Waals surface area contributed by atoms with E-state index in [2.05, 4.69) is 26.8 Å². The van der Waals surface area contributed by atoms with Gasteiger partial charge in [-0.3, -0.25) is 4.79 Å².